The van der Waals surface area contributed by atoms with Gasteiger partial charge in [-0.2, -0.15) is 0 Å². The smallest absolute Gasteiger partial charge is 0.265 e. The molecule has 0 aliphatic heterocycles. The highest BCUT2D eigenvalue weighted by Crippen LogP contribution is 2.26. The number of carbonyl (C=O) groups is 1. The molecule has 30 heavy (non-hydrogen) atoms. The van der Waals surface area contributed by atoms with Gasteiger partial charge in [-0.3, -0.25) is 4.79 Å². The molecule has 0 aliphatic carbocycles. The van der Waals surface area contributed by atoms with Crippen LogP contribution in [0.1, 0.15) is 35.6 Å². The normalized spacial score (nSPS) is 11.7. The third-order valence-corrected chi connectivity index (χ3v) is 6.27. The van der Waals surface area contributed by atoms with Gasteiger partial charge in [0.25, 0.3) is 5.91 Å². The van der Waals surface area contributed by atoms with Gasteiger partial charge in [-0.15, -0.1) is 11.8 Å². The zero-order chi connectivity index (χ0) is 21.5. The van der Waals surface area contributed by atoms with E-state index in [0.717, 1.165) is 33.9 Å². The number of hydrogen-bond donors (Lipinski definition) is 1. The molecule has 0 saturated carbocycles. The van der Waals surface area contributed by atoms with E-state index in [4.69, 9.17) is 4.74 Å². The maximum atomic E-state index is 12.9. The number of amides is 1. The Hall–Kier alpha value is -2.72. The molecule has 0 unspecified atom stereocenters. The predicted octanol–water partition coefficient (Wildman–Crippen LogP) is 6.70. The Bertz CT molecular complexity index is 1000. The maximum Gasteiger partial charge on any atom is 0.265 e. The lowest BCUT2D eigenvalue weighted by Gasteiger charge is -2.20. The first-order chi connectivity index (χ1) is 14.5. The van der Waals surface area contributed by atoms with Gasteiger partial charge in [0.2, 0.25) is 0 Å². The van der Waals surface area contributed by atoms with Crippen LogP contribution in [-0.2, 0) is 10.5 Å². The first kappa shape index (κ1) is 22.0. The molecule has 3 nitrogen and oxygen atoms in total. The summed E-state index contributed by atoms with van der Waals surface area (Å²) in [4.78, 5) is 14.1. The summed E-state index contributed by atoms with van der Waals surface area (Å²) in [7, 11) is 0. The molecule has 0 radical (unpaired) electrons. The van der Waals surface area contributed by atoms with E-state index in [-0.39, 0.29) is 5.91 Å². The third-order valence-electron chi connectivity index (χ3n) is 5.18. The van der Waals surface area contributed by atoms with Crippen LogP contribution in [0.2, 0.25) is 0 Å². The largest absolute Gasteiger partial charge is 0.480 e. The van der Waals surface area contributed by atoms with E-state index in [2.05, 4.69) is 41.7 Å². The number of ether oxygens (including phenoxy) is 1. The summed E-state index contributed by atoms with van der Waals surface area (Å²) < 4.78 is 6.05. The summed E-state index contributed by atoms with van der Waals surface area (Å²) in [5.41, 5.74) is 5.34. The molecule has 4 heteroatoms. The number of anilines is 1. The Morgan fingerprint density at radius 1 is 0.967 bits per heavy atom. The summed E-state index contributed by atoms with van der Waals surface area (Å²) in [6, 6.07) is 22.5. The van der Waals surface area contributed by atoms with Crippen LogP contribution in [0.25, 0.3) is 0 Å². The standard InChI is InChI=1S/C26H29NO2S/c1-5-24(29-25-13-9-10-18(2)20(25)4)26(28)27-23-15-14-21(16-19(23)3)17-30-22-11-7-6-8-12-22/h6-16,24H,5,17H2,1-4H3,(H,27,28)/t24-/m1/s1. The van der Waals surface area contributed by atoms with Crippen LogP contribution in [0, 0.1) is 20.8 Å². The monoisotopic (exact) mass is 419 g/mol. The molecule has 0 fully saturated rings. The van der Waals surface area contributed by atoms with Crippen molar-refractivity contribution in [2.75, 3.05) is 5.32 Å². The van der Waals surface area contributed by atoms with Gasteiger partial charge < -0.3 is 10.1 Å². The Labute approximate surface area is 183 Å². The molecule has 0 saturated heterocycles. The van der Waals surface area contributed by atoms with Gasteiger partial charge in [0.05, 0.1) is 0 Å². The van der Waals surface area contributed by atoms with Crippen LogP contribution < -0.4 is 10.1 Å². The Kier molecular flexibility index (Phi) is 7.58. The molecule has 0 aliphatic rings. The Balaban J connectivity index is 1.64. The summed E-state index contributed by atoms with van der Waals surface area (Å²) in [6.07, 6.45) is 0.0718. The van der Waals surface area contributed by atoms with E-state index < -0.39 is 6.10 Å². The first-order valence-electron chi connectivity index (χ1n) is 10.3. The average Bonchev–Trinajstić information content (AvgIpc) is 2.75. The quantitative estimate of drug-likeness (QED) is 0.413. The van der Waals surface area contributed by atoms with E-state index in [1.807, 2.05) is 58.0 Å². The third kappa shape index (κ3) is 5.67. The highest BCUT2D eigenvalue weighted by Gasteiger charge is 2.20. The lowest BCUT2D eigenvalue weighted by molar-refractivity contribution is -0.122. The minimum Gasteiger partial charge on any atom is -0.480 e. The molecule has 156 valence electrons. The molecule has 0 aromatic heterocycles. The van der Waals surface area contributed by atoms with Crippen molar-refractivity contribution in [2.45, 2.75) is 50.9 Å². The molecule has 1 amide bonds. The van der Waals surface area contributed by atoms with Gasteiger partial charge >= 0.3 is 0 Å². The lowest BCUT2D eigenvalue weighted by atomic mass is 10.1. The van der Waals surface area contributed by atoms with E-state index in [1.165, 1.54) is 10.5 Å². The van der Waals surface area contributed by atoms with Gasteiger partial charge in [0.1, 0.15) is 5.75 Å². The van der Waals surface area contributed by atoms with E-state index >= 15 is 0 Å². The van der Waals surface area contributed by atoms with Gasteiger partial charge in [0, 0.05) is 16.3 Å². The second-order valence-electron chi connectivity index (χ2n) is 7.45. The molecule has 0 bridgehead atoms. The number of aryl methyl sites for hydroxylation is 2. The second kappa shape index (κ2) is 10.4. The number of benzene rings is 3. The minimum absolute atomic E-state index is 0.118. The molecule has 3 rings (SSSR count). The van der Waals surface area contributed by atoms with Crippen LogP contribution in [0.3, 0.4) is 0 Å². The Morgan fingerprint density at radius 3 is 2.43 bits per heavy atom. The molecule has 0 spiro atoms. The van der Waals surface area contributed by atoms with Crippen molar-refractivity contribution in [1.82, 2.24) is 0 Å². The van der Waals surface area contributed by atoms with Crippen molar-refractivity contribution in [3.05, 3.63) is 89.0 Å². The number of thioether (sulfide) groups is 1. The molecule has 3 aromatic carbocycles. The second-order valence-corrected chi connectivity index (χ2v) is 8.50. The zero-order valence-electron chi connectivity index (χ0n) is 18.1. The van der Waals surface area contributed by atoms with E-state index in [0.29, 0.717) is 6.42 Å². The fraction of sp³-hybridized carbons (Fsp3) is 0.269. The zero-order valence-corrected chi connectivity index (χ0v) is 18.9. The van der Waals surface area contributed by atoms with Crippen molar-refractivity contribution in [2.24, 2.45) is 0 Å². The fourth-order valence-corrected chi connectivity index (χ4v) is 4.04. The van der Waals surface area contributed by atoms with Crippen molar-refractivity contribution < 1.29 is 9.53 Å². The molecule has 1 atom stereocenters. The Morgan fingerprint density at radius 2 is 1.73 bits per heavy atom. The van der Waals surface area contributed by atoms with Crippen LogP contribution in [0.4, 0.5) is 5.69 Å². The van der Waals surface area contributed by atoms with Crippen LogP contribution >= 0.6 is 11.8 Å². The topological polar surface area (TPSA) is 38.3 Å². The summed E-state index contributed by atoms with van der Waals surface area (Å²) in [5, 5.41) is 3.05. The number of nitrogens with one attached hydrogen (secondary N) is 1. The predicted molar refractivity (Wildman–Crippen MR) is 126 cm³/mol. The van der Waals surface area contributed by atoms with Crippen LogP contribution in [0.5, 0.6) is 5.75 Å². The minimum atomic E-state index is -0.529. The first-order valence-corrected chi connectivity index (χ1v) is 11.3. The maximum absolute atomic E-state index is 12.9. The summed E-state index contributed by atoms with van der Waals surface area (Å²) in [6.45, 7) is 8.06. The molecular weight excluding hydrogens is 390 g/mol. The van der Waals surface area contributed by atoms with Crippen molar-refractivity contribution in [3.8, 4) is 5.75 Å². The van der Waals surface area contributed by atoms with Crippen LogP contribution in [0.15, 0.2) is 71.6 Å². The average molecular weight is 420 g/mol. The highest BCUT2D eigenvalue weighted by molar-refractivity contribution is 7.98. The van der Waals surface area contributed by atoms with E-state index in [1.54, 1.807) is 11.8 Å². The van der Waals surface area contributed by atoms with Crippen molar-refractivity contribution >= 4 is 23.4 Å². The lowest BCUT2D eigenvalue weighted by Crippen LogP contribution is -2.32. The molecule has 0 heterocycles. The summed E-state index contributed by atoms with van der Waals surface area (Å²) >= 11 is 1.81. The van der Waals surface area contributed by atoms with Gasteiger partial charge in [0.15, 0.2) is 6.10 Å². The molecular formula is C26H29NO2S. The van der Waals surface area contributed by atoms with Gasteiger partial charge in [-0.05, 0) is 73.7 Å². The highest BCUT2D eigenvalue weighted by atomic mass is 32.2. The van der Waals surface area contributed by atoms with Gasteiger partial charge in [-0.25, -0.2) is 0 Å². The van der Waals surface area contributed by atoms with Gasteiger partial charge in [-0.1, -0.05) is 49.4 Å². The fourth-order valence-electron chi connectivity index (χ4n) is 3.18. The molecule has 3 aromatic rings. The number of carbonyl (C=O) groups excluding carboxylic acids is 1. The SMILES string of the molecule is CC[C@@H](Oc1cccc(C)c1C)C(=O)Nc1ccc(CSc2ccccc2)cc1C. The molecule has 1 N–H and O–H groups in total. The summed E-state index contributed by atoms with van der Waals surface area (Å²) in [5.74, 6) is 1.54. The van der Waals surface area contributed by atoms with Crippen molar-refractivity contribution in [1.29, 1.82) is 0 Å². The van der Waals surface area contributed by atoms with E-state index in [9.17, 15) is 4.79 Å². The van der Waals surface area contributed by atoms with Crippen molar-refractivity contribution in [3.63, 3.8) is 0 Å². The number of hydrogen-bond acceptors (Lipinski definition) is 3. The number of rotatable bonds is 8. The van der Waals surface area contributed by atoms with Crippen LogP contribution in [-0.4, -0.2) is 12.0 Å².